The maximum atomic E-state index is 10.6. The van der Waals surface area contributed by atoms with E-state index < -0.39 is 0 Å². The zero-order chi connectivity index (χ0) is 7.82. The van der Waals surface area contributed by atoms with Gasteiger partial charge in [0.15, 0.2) is 0 Å². The van der Waals surface area contributed by atoms with Gasteiger partial charge in [-0.1, -0.05) is 19.1 Å². The second-order valence-electron chi connectivity index (χ2n) is 1.78. The quantitative estimate of drug-likeness (QED) is 0.489. The summed E-state index contributed by atoms with van der Waals surface area (Å²) in [6.45, 7) is 2.40. The lowest BCUT2D eigenvalue weighted by Crippen LogP contribution is -2.21. The third kappa shape index (κ3) is 5.63. The maximum Gasteiger partial charge on any atom is 0.219 e. The molecule has 0 fully saturated rings. The Morgan fingerprint density at radius 1 is 1.60 bits per heavy atom. The van der Waals surface area contributed by atoms with Crippen LogP contribution in [0, 0.1) is 0 Å². The van der Waals surface area contributed by atoms with Crippen molar-refractivity contribution >= 4 is 17.5 Å². The fourth-order valence-electron chi connectivity index (χ4n) is 0.444. The van der Waals surface area contributed by atoms with Gasteiger partial charge in [0.05, 0.1) is 0 Å². The number of alkyl halides is 1. The van der Waals surface area contributed by atoms with Crippen LogP contribution in [0.2, 0.25) is 0 Å². The molecule has 0 aliphatic carbocycles. The summed E-state index contributed by atoms with van der Waals surface area (Å²) in [7, 11) is 0. The number of halogens is 1. The van der Waals surface area contributed by atoms with Crippen molar-refractivity contribution in [2.75, 3.05) is 12.4 Å². The average Bonchev–Trinajstić information content (AvgIpc) is 1.98. The molecule has 0 aliphatic rings. The van der Waals surface area contributed by atoms with Crippen molar-refractivity contribution in [2.45, 2.75) is 13.3 Å². The molecule has 0 aromatic rings. The molecular weight excluding hydrogens is 150 g/mol. The standard InChI is InChI=1S/C7H12ClNO/c1-2-7(10)9-6-4-3-5-8/h3-4H,2,5-6H2,1H3,(H,9,10)/b4-3+. The molecule has 0 unspecified atom stereocenters. The highest BCUT2D eigenvalue weighted by Crippen LogP contribution is 1.78. The summed E-state index contributed by atoms with van der Waals surface area (Å²) in [5.41, 5.74) is 0. The van der Waals surface area contributed by atoms with Crippen molar-refractivity contribution in [3.8, 4) is 0 Å². The molecule has 0 bridgehead atoms. The summed E-state index contributed by atoms with van der Waals surface area (Å²) in [5.74, 6) is 0.571. The Kier molecular flexibility index (Phi) is 6.29. The van der Waals surface area contributed by atoms with Gasteiger partial charge in [-0.15, -0.1) is 11.6 Å². The summed E-state index contributed by atoms with van der Waals surface area (Å²) in [5, 5.41) is 2.68. The van der Waals surface area contributed by atoms with Crippen LogP contribution in [0.5, 0.6) is 0 Å². The van der Waals surface area contributed by atoms with E-state index in [2.05, 4.69) is 5.32 Å². The summed E-state index contributed by atoms with van der Waals surface area (Å²) in [6, 6.07) is 0. The van der Waals surface area contributed by atoms with Crippen LogP contribution in [-0.4, -0.2) is 18.3 Å². The fraction of sp³-hybridized carbons (Fsp3) is 0.571. The minimum Gasteiger partial charge on any atom is -0.353 e. The Morgan fingerprint density at radius 3 is 2.80 bits per heavy atom. The van der Waals surface area contributed by atoms with Gasteiger partial charge in [-0.05, 0) is 0 Å². The number of nitrogens with one attached hydrogen (secondary N) is 1. The molecule has 0 heterocycles. The Hall–Kier alpha value is -0.500. The minimum atomic E-state index is 0.0687. The molecule has 0 aliphatic heterocycles. The second kappa shape index (κ2) is 6.62. The molecule has 1 N–H and O–H groups in total. The lowest BCUT2D eigenvalue weighted by Gasteiger charge is -1.95. The van der Waals surface area contributed by atoms with Crippen molar-refractivity contribution in [3.05, 3.63) is 12.2 Å². The number of carbonyl (C=O) groups is 1. The molecule has 2 nitrogen and oxygen atoms in total. The third-order valence-electron chi connectivity index (χ3n) is 0.994. The Morgan fingerprint density at radius 2 is 2.30 bits per heavy atom. The highest BCUT2D eigenvalue weighted by atomic mass is 35.5. The predicted octanol–water partition coefficient (Wildman–Crippen LogP) is 1.31. The number of hydrogen-bond acceptors (Lipinski definition) is 1. The van der Waals surface area contributed by atoms with Crippen LogP contribution in [0.25, 0.3) is 0 Å². The lowest BCUT2D eigenvalue weighted by atomic mass is 10.4. The highest BCUT2D eigenvalue weighted by Gasteiger charge is 1.90. The van der Waals surface area contributed by atoms with E-state index in [9.17, 15) is 4.79 Å². The van der Waals surface area contributed by atoms with Gasteiger partial charge in [0.1, 0.15) is 0 Å². The van der Waals surface area contributed by atoms with Gasteiger partial charge < -0.3 is 5.32 Å². The first-order chi connectivity index (χ1) is 4.81. The first kappa shape index (κ1) is 9.50. The van der Waals surface area contributed by atoms with Gasteiger partial charge in [0.2, 0.25) is 5.91 Å². The summed E-state index contributed by atoms with van der Waals surface area (Å²) >= 11 is 5.35. The fourth-order valence-corrected chi connectivity index (χ4v) is 0.570. The van der Waals surface area contributed by atoms with E-state index in [0.717, 1.165) is 0 Å². The second-order valence-corrected chi connectivity index (χ2v) is 2.09. The monoisotopic (exact) mass is 161 g/mol. The van der Waals surface area contributed by atoms with Crippen molar-refractivity contribution in [2.24, 2.45) is 0 Å². The normalized spacial score (nSPS) is 10.2. The van der Waals surface area contributed by atoms with Crippen LogP contribution in [0.4, 0.5) is 0 Å². The van der Waals surface area contributed by atoms with Gasteiger partial charge in [-0.25, -0.2) is 0 Å². The van der Waals surface area contributed by atoms with Crippen LogP contribution < -0.4 is 5.32 Å². The molecule has 3 heteroatoms. The van der Waals surface area contributed by atoms with Gasteiger partial charge in [0.25, 0.3) is 0 Å². The molecule has 0 aromatic carbocycles. The lowest BCUT2D eigenvalue weighted by molar-refractivity contribution is -0.120. The zero-order valence-corrected chi connectivity index (χ0v) is 6.82. The zero-order valence-electron chi connectivity index (χ0n) is 6.06. The van der Waals surface area contributed by atoms with E-state index in [4.69, 9.17) is 11.6 Å². The van der Waals surface area contributed by atoms with E-state index in [1.54, 1.807) is 6.08 Å². The number of carbonyl (C=O) groups excluding carboxylic acids is 1. The molecule has 0 saturated heterocycles. The highest BCUT2D eigenvalue weighted by molar-refractivity contribution is 6.18. The Balaban J connectivity index is 3.19. The SMILES string of the molecule is CCC(=O)NC/C=C/CCl. The molecule has 0 saturated carbocycles. The number of allylic oxidation sites excluding steroid dienone is 1. The van der Waals surface area contributed by atoms with E-state index in [1.165, 1.54) is 0 Å². The van der Waals surface area contributed by atoms with Crippen LogP contribution in [-0.2, 0) is 4.79 Å². The number of amides is 1. The third-order valence-corrected chi connectivity index (χ3v) is 1.17. The van der Waals surface area contributed by atoms with Crippen molar-refractivity contribution in [3.63, 3.8) is 0 Å². The first-order valence-corrected chi connectivity index (χ1v) is 3.82. The van der Waals surface area contributed by atoms with Crippen molar-refractivity contribution < 1.29 is 4.79 Å². The number of hydrogen-bond donors (Lipinski definition) is 1. The molecule has 0 aromatic heterocycles. The molecular formula is C7H12ClNO. The van der Waals surface area contributed by atoms with Gasteiger partial charge in [-0.2, -0.15) is 0 Å². The van der Waals surface area contributed by atoms with Crippen LogP contribution >= 0.6 is 11.6 Å². The topological polar surface area (TPSA) is 29.1 Å². The molecule has 0 radical (unpaired) electrons. The summed E-state index contributed by atoms with van der Waals surface area (Å²) in [4.78, 5) is 10.6. The average molecular weight is 162 g/mol. The van der Waals surface area contributed by atoms with E-state index >= 15 is 0 Å². The predicted molar refractivity (Wildman–Crippen MR) is 43.2 cm³/mol. The van der Waals surface area contributed by atoms with E-state index in [1.807, 2.05) is 13.0 Å². The van der Waals surface area contributed by atoms with Crippen LogP contribution in [0.1, 0.15) is 13.3 Å². The summed E-state index contributed by atoms with van der Waals surface area (Å²) in [6.07, 6.45) is 4.17. The molecule has 1 amide bonds. The smallest absolute Gasteiger partial charge is 0.219 e. The Labute approximate surface area is 66.3 Å². The van der Waals surface area contributed by atoms with Crippen LogP contribution in [0.15, 0.2) is 12.2 Å². The minimum absolute atomic E-state index is 0.0687. The largest absolute Gasteiger partial charge is 0.353 e. The van der Waals surface area contributed by atoms with Gasteiger partial charge in [-0.3, -0.25) is 4.79 Å². The molecule has 10 heavy (non-hydrogen) atoms. The molecule has 58 valence electrons. The summed E-state index contributed by atoms with van der Waals surface area (Å²) < 4.78 is 0. The molecule has 0 spiro atoms. The van der Waals surface area contributed by atoms with Crippen molar-refractivity contribution in [1.29, 1.82) is 0 Å². The van der Waals surface area contributed by atoms with E-state index in [-0.39, 0.29) is 5.91 Å². The first-order valence-electron chi connectivity index (χ1n) is 3.29. The van der Waals surface area contributed by atoms with Gasteiger partial charge in [0, 0.05) is 18.8 Å². The maximum absolute atomic E-state index is 10.6. The molecule has 0 rings (SSSR count). The Bertz CT molecular complexity index is 123. The van der Waals surface area contributed by atoms with Gasteiger partial charge >= 0.3 is 0 Å². The molecule has 0 atom stereocenters. The number of rotatable bonds is 4. The van der Waals surface area contributed by atoms with Crippen LogP contribution in [0.3, 0.4) is 0 Å². The van der Waals surface area contributed by atoms with Crippen molar-refractivity contribution in [1.82, 2.24) is 5.32 Å². The van der Waals surface area contributed by atoms with E-state index in [0.29, 0.717) is 18.8 Å².